The van der Waals surface area contributed by atoms with E-state index in [4.69, 9.17) is 16.3 Å². The number of halogens is 2. The molecule has 0 unspecified atom stereocenters. The summed E-state index contributed by atoms with van der Waals surface area (Å²) in [5.74, 6) is -2.02. The molecule has 1 aromatic carbocycles. The average molecular weight is 372 g/mol. The van der Waals surface area contributed by atoms with Crippen molar-refractivity contribution < 1.29 is 23.5 Å². The number of ether oxygens (including phenoxy) is 1. The molecule has 136 valence electrons. The zero-order valence-corrected chi connectivity index (χ0v) is 14.2. The number of nitrogens with one attached hydrogen (secondary N) is 2. The molecule has 0 radical (unpaired) electrons. The predicted octanol–water partition coefficient (Wildman–Crippen LogP) is 0.138. The molecule has 1 aliphatic rings. The summed E-state index contributed by atoms with van der Waals surface area (Å²) >= 11 is 5.43. The van der Waals surface area contributed by atoms with E-state index in [-0.39, 0.29) is 23.9 Å². The molecule has 9 heteroatoms. The van der Waals surface area contributed by atoms with Crippen molar-refractivity contribution in [1.29, 1.82) is 0 Å². The highest BCUT2D eigenvalue weighted by Gasteiger charge is 2.27. The quantitative estimate of drug-likeness (QED) is 0.696. The van der Waals surface area contributed by atoms with E-state index in [9.17, 15) is 18.8 Å². The molecular weight excluding hydrogens is 353 g/mol. The lowest BCUT2D eigenvalue weighted by atomic mass is 10.1. The van der Waals surface area contributed by atoms with Gasteiger partial charge >= 0.3 is 0 Å². The molecule has 1 heterocycles. The van der Waals surface area contributed by atoms with Crippen molar-refractivity contribution in [3.8, 4) is 0 Å². The van der Waals surface area contributed by atoms with Gasteiger partial charge < -0.3 is 20.3 Å². The molecule has 2 rings (SSSR count). The normalized spacial score (nSPS) is 15.4. The van der Waals surface area contributed by atoms with Crippen LogP contribution < -0.4 is 10.6 Å². The van der Waals surface area contributed by atoms with Gasteiger partial charge in [0.25, 0.3) is 5.91 Å². The number of carbonyl (C=O) groups excluding carboxylic acids is 3. The number of hydrogen-bond acceptors (Lipinski definition) is 4. The largest absolute Gasteiger partial charge is 0.378 e. The number of hydrogen-bond donors (Lipinski definition) is 2. The number of alkyl halides is 1. The minimum atomic E-state index is -0.956. The number of rotatable bonds is 6. The third-order valence-corrected chi connectivity index (χ3v) is 3.90. The smallest absolute Gasteiger partial charge is 0.251 e. The fourth-order valence-electron chi connectivity index (χ4n) is 2.31. The highest BCUT2D eigenvalue weighted by Crippen LogP contribution is 2.05. The van der Waals surface area contributed by atoms with E-state index >= 15 is 0 Å². The molecule has 0 bridgehead atoms. The second-order valence-electron chi connectivity index (χ2n) is 5.41. The summed E-state index contributed by atoms with van der Waals surface area (Å²) in [6.07, 6.45) is 0. The zero-order valence-electron chi connectivity index (χ0n) is 13.5. The number of nitrogens with zero attached hydrogens (tertiary/aromatic N) is 1. The van der Waals surface area contributed by atoms with Crippen molar-refractivity contribution in [2.24, 2.45) is 0 Å². The Labute approximate surface area is 149 Å². The van der Waals surface area contributed by atoms with Gasteiger partial charge in [-0.3, -0.25) is 14.4 Å². The van der Waals surface area contributed by atoms with Gasteiger partial charge in [0.2, 0.25) is 11.8 Å². The lowest BCUT2D eigenvalue weighted by Crippen LogP contribution is -2.55. The molecular formula is C16H19ClFN3O4. The Morgan fingerprint density at radius 3 is 2.44 bits per heavy atom. The Bertz CT molecular complexity index is 620. The van der Waals surface area contributed by atoms with Crippen molar-refractivity contribution in [2.45, 2.75) is 6.04 Å². The predicted molar refractivity (Wildman–Crippen MR) is 88.8 cm³/mol. The van der Waals surface area contributed by atoms with Crippen molar-refractivity contribution in [3.63, 3.8) is 0 Å². The topological polar surface area (TPSA) is 87.7 Å². The van der Waals surface area contributed by atoms with Gasteiger partial charge in [0.1, 0.15) is 17.7 Å². The molecule has 1 aliphatic heterocycles. The standard InChI is InChI=1S/C16H19ClFN3O4/c17-9-14(22)19-10-13(16(24)21-5-7-25-8-6-21)20-15(23)11-1-3-12(18)4-2-11/h1-4,13H,5-10H2,(H,19,22)(H,20,23)/t13-/m0/s1. The Morgan fingerprint density at radius 1 is 1.20 bits per heavy atom. The van der Waals surface area contributed by atoms with Crippen LogP contribution in [0.5, 0.6) is 0 Å². The Hall–Kier alpha value is -2.19. The first-order chi connectivity index (χ1) is 12.0. The average Bonchev–Trinajstić information content (AvgIpc) is 2.65. The summed E-state index contributed by atoms with van der Waals surface area (Å²) in [5.41, 5.74) is 0.213. The number of morpholine rings is 1. The third kappa shape index (κ3) is 5.68. The van der Waals surface area contributed by atoms with E-state index in [0.717, 1.165) is 12.1 Å². The van der Waals surface area contributed by atoms with E-state index in [1.807, 2.05) is 0 Å². The minimum Gasteiger partial charge on any atom is -0.378 e. The fraction of sp³-hybridized carbons (Fsp3) is 0.438. The molecule has 1 fully saturated rings. The number of amides is 3. The summed E-state index contributed by atoms with van der Waals surface area (Å²) in [4.78, 5) is 37.9. The van der Waals surface area contributed by atoms with E-state index in [2.05, 4.69) is 10.6 Å². The van der Waals surface area contributed by atoms with Gasteiger partial charge in [-0.1, -0.05) is 0 Å². The van der Waals surface area contributed by atoms with Crippen LogP contribution in [0.25, 0.3) is 0 Å². The Kier molecular flexibility index (Phi) is 7.15. The summed E-state index contributed by atoms with van der Waals surface area (Å²) in [7, 11) is 0. The number of benzene rings is 1. The Balaban J connectivity index is 2.06. The van der Waals surface area contributed by atoms with Crippen LogP contribution in [0.3, 0.4) is 0 Å². The molecule has 7 nitrogen and oxygen atoms in total. The Morgan fingerprint density at radius 2 is 1.84 bits per heavy atom. The molecule has 0 aromatic heterocycles. The van der Waals surface area contributed by atoms with Gasteiger partial charge in [0.05, 0.1) is 13.2 Å². The van der Waals surface area contributed by atoms with Gasteiger partial charge in [-0.25, -0.2) is 4.39 Å². The summed E-state index contributed by atoms with van der Waals surface area (Å²) in [5, 5.41) is 5.07. The van der Waals surface area contributed by atoms with Crippen LogP contribution in [0.1, 0.15) is 10.4 Å². The monoisotopic (exact) mass is 371 g/mol. The van der Waals surface area contributed by atoms with Gasteiger partial charge in [0.15, 0.2) is 0 Å². The first kappa shape index (κ1) is 19.1. The molecule has 1 atom stereocenters. The summed E-state index contributed by atoms with van der Waals surface area (Å²) in [6, 6.07) is 3.99. The van der Waals surface area contributed by atoms with Crippen molar-refractivity contribution in [1.82, 2.24) is 15.5 Å². The van der Waals surface area contributed by atoms with Crippen LogP contribution in [0.4, 0.5) is 4.39 Å². The van der Waals surface area contributed by atoms with E-state index in [1.54, 1.807) is 4.90 Å². The maximum absolute atomic E-state index is 13.0. The third-order valence-electron chi connectivity index (χ3n) is 3.66. The van der Waals surface area contributed by atoms with Crippen LogP contribution in [0.2, 0.25) is 0 Å². The molecule has 0 spiro atoms. The molecule has 0 aliphatic carbocycles. The molecule has 2 N–H and O–H groups in total. The van der Waals surface area contributed by atoms with E-state index < -0.39 is 23.7 Å². The van der Waals surface area contributed by atoms with E-state index in [1.165, 1.54) is 12.1 Å². The molecule has 3 amide bonds. The second kappa shape index (κ2) is 9.33. The van der Waals surface area contributed by atoms with Crippen LogP contribution in [-0.2, 0) is 14.3 Å². The van der Waals surface area contributed by atoms with E-state index in [0.29, 0.717) is 26.3 Å². The summed E-state index contributed by atoms with van der Waals surface area (Å²) < 4.78 is 18.2. The SMILES string of the molecule is O=C(CCl)NC[C@H](NC(=O)c1ccc(F)cc1)C(=O)N1CCOCC1. The highest BCUT2D eigenvalue weighted by atomic mass is 35.5. The molecule has 25 heavy (non-hydrogen) atoms. The van der Waals surface area contributed by atoms with Crippen LogP contribution in [0, 0.1) is 5.82 Å². The molecule has 1 aromatic rings. The summed E-state index contributed by atoms with van der Waals surface area (Å²) in [6.45, 7) is 1.56. The zero-order chi connectivity index (χ0) is 18.2. The van der Waals surface area contributed by atoms with Crippen LogP contribution in [-0.4, -0.2) is 67.4 Å². The molecule has 0 saturated carbocycles. The highest BCUT2D eigenvalue weighted by molar-refractivity contribution is 6.27. The minimum absolute atomic E-state index is 0.0886. The first-order valence-electron chi connectivity index (χ1n) is 7.77. The number of carbonyl (C=O) groups is 3. The molecule has 1 saturated heterocycles. The van der Waals surface area contributed by atoms with Crippen molar-refractivity contribution in [2.75, 3.05) is 38.7 Å². The second-order valence-corrected chi connectivity index (χ2v) is 5.68. The van der Waals surface area contributed by atoms with Gasteiger partial charge in [-0.2, -0.15) is 0 Å². The maximum Gasteiger partial charge on any atom is 0.251 e. The lowest BCUT2D eigenvalue weighted by Gasteiger charge is -2.30. The fourth-order valence-corrected chi connectivity index (χ4v) is 2.40. The van der Waals surface area contributed by atoms with Gasteiger partial charge in [-0.05, 0) is 24.3 Å². The van der Waals surface area contributed by atoms with Gasteiger partial charge in [0, 0.05) is 25.2 Å². The first-order valence-corrected chi connectivity index (χ1v) is 8.30. The van der Waals surface area contributed by atoms with Crippen molar-refractivity contribution in [3.05, 3.63) is 35.6 Å². The van der Waals surface area contributed by atoms with Crippen LogP contribution in [0.15, 0.2) is 24.3 Å². The van der Waals surface area contributed by atoms with Gasteiger partial charge in [-0.15, -0.1) is 11.6 Å². The lowest BCUT2D eigenvalue weighted by molar-refractivity contribution is -0.137. The van der Waals surface area contributed by atoms with Crippen LogP contribution >= 0.6 is 11.6 Å². The van der Waals surface area contributed by atoms with Crippen molar-refractivity contribution >= 4 is 29.3 Å². The maximum atomic E-state index is 13.0.